The molecule has 4 unspecified atom stereocenters. The highest BCUT2D eigenvalue weighted by Crippen LogP contribution is 2.32. The number of hydrogen-bond donors (Lipinski definition) is 3. The molecule has 32 heavy (non-hydrogen) atoms. The summed E-state index contributed by atoms with van der Waals surface area (Å²) in [6, 6.07) is 4.01. The van der Waals surface area contributed by atoms with Gasteiger partial charge >= 0.3 is 16.2 Å². The van der Waals surface area contributed by atoms with Gasteiger partial charge in [0.2, 0.25) is 0 Å². The minimum absolute atomic E-state index is 0. The highest BCUT2D eigenvalue weighted by Gasteiger charge is 2.45. The normalized spacial score (nSPS) is 23.1. The van der Waals surface area contributed by atoms with Crippen LogP contribution >= 0.6 is 12.4 Å². The van der Waals surface area contributed by atoms with E-state index in [0.717, 1.165) is 24.3 Å². The molecule has 1 saturated heterocycles. The van der Waals surface area contributed by atoms with E-state index in [0.29, 0.717) is 5.52 Å². The van der Waals surface area contributed by atoms with Crippen LogP contribution in [0.25, 0.3) is 11.2 Å². The van der Waals surface area contributed by atoms with Crippen LogP contribution in [0.15, 0.2) is 41.8 Å². The summed E-state index contributed by atoms with van der Waals surface area (Å²) in [5.41, 5.74) is 6.27. The van der Waals surface area contributed by atoms with Gasteiger partial charge in [0.15, 0.2) is 17.7 Å². The molecule has 0 spiro atoms. The lowest BCUT2D eigenvalue weighted by Crippen LogP contribution is -2.34. The van der Waals surface area contributed by atoms with Crippen LogP contribution in [0.5, 0.6) is 0 Å². The number of imidazole rings is 1. The minimum atomic E-state index is -4.89. The van der Waals surface area contributed by atoms with Crippen LogP contribution in [0, 0.1) is 0 Å². The number of nitrogen functional groups attached to an aromatic ring is 1. The summed E-state index contributed by atoms with van der Waals surface area (Å²) < 4.78 is 46.7. The lowest BCUT2D eigenvalue weighted by Gasteiger charge is -2.16. The number of carbonyl (C=O) groups is 1. The van der Waals surface area contributed by atoms with Crippen molar-refractivity contribution in [1.29, 1.82) is 0 Å². The maximum absolute atomic E-state index is 12.9. The molecule has 1 aromatic carbocycles. The van der Waals surface area contributed by atoms with Crippen molar-refractivity contribution in [2.45, 2.75) is 29.4 Å². The number of fused-ring (bicyclic) bond motifs is 1. The first-order valence-electron chi connectivity index (χ1n) is 8.83. The number of aromatic nitrogens is 4. The predicted octanol–water partition coefficient (Wildman–Crippen LogP) is -0.0353. The maximum Gasteiger partial charge on any atom is 0.338 e. The quantitative estimate of drug-likeness (QED) is 0.323. The number of aliphatic hydroxyl groups is 2. The first kappa shape index (κ1) is 23.7. The number of halogens is 2. The largest absolute Gasteiger partial charge is 0.459 e. The number of nitrogens with two attached hydrogens (primary N) is 1. The van der Waals surface area contributed by atoms with Gasteiger partial charge in [-0.3, -0.25) is 4.57 Å². The van der Waals surface area contributed by atoms with E-state index in [1.54, 1.807) is 0 Å². The number of ether oxygens (including phenoxy) is 2. The average Bonchev–Trinajstić information content (AvgIpc) is 3.28. The molecule has 0 aliphatic carbocycles. The van der Waals surface area contributed by atoms with Crippen molar-refractivity contribution in [3.63, 3.8) is 0 Å². The van der Waals surface area contributed by atoms with Crippen LogP contribution in [-0.2, 0) is 19.7 Å². The number of rotatable bonds is 5. The van der Waals surface area contributed by atoms with Crippen molar-refractivity contribution in [3.05, 3.63) is 42.5 Å². The van der Waals surface area contributed by atoms with Crippen LogP contribution in [0.1, 0.15) is 16.6 Å². The highest BCUT2D eigenvalue weighted by molar-refractivity contribution is 7.86. The second-order valence-corrected chi connectivity index (χ2v) is 8.04. The third-order valence-electron chi connectivity index (χ3n) is 4.75. The van der Waals surface area contributed by atoms with Gasteiger partial charge in [-0.15, -0.1) is 16.3 Å². The SMILES string of the molecule is Cl.Nc1ncnc2c1ncn2C1OC(COC(=O)c2ccc(S(=O)(=O)F)cc2)C(O)C1O. The predicted molar refractivity (Wildman–Crippen MR) is 108 cm³/mol. The molecule has 1 aliphatic rings. The topological polar surface area (TPSA) is 180 Å². The van der Waals surface area contributed by atoms with Gasteiger partial charge in [0.05, 0.1) is 16.8 Å². The molecule has 12 nitrogen and oxygen atoms in total. The second-order valence-electron chi connectivity index (χ2n) is 6.69. The third kappa shape index (κ3) is 4.35. The van der Waals surface area contributed by atoms with Crippen molar-refractivity contribution in [3.8, 4) is 0 Å². The van der Waals surface area contributed by atoms with Crippen LogP contribution in [-0.4, -0.2) is 69.0 Å². The van der Waals surface area contributed by atoms with Gasteiger partial charge in [-0.2, -0.15) is 8.42 Å². The molecular weight excluding hydrogens is 473 g/mol. The Balaban J connectivity index is 0.00000289. The first-order chi connectivity index (χ1) is 14.7. The van der Waals surface area contributed by atoms with E-state index < -0.39 is 52.2 Å². The van der Waals surface area contributed by atoms with Gasteiger partial charge in [0.1, 0.15) is 36.8 Å². The van der Waals surface area contributed by atoms with Gasteiger partial charge in [-0.25, -0.2) is 19.7 Å². The molecular formula is C17H17ClFN5O7S. The average molecular weight is 490 g/mol. The number of aliphatic hydroxyl groups excluding tert-OH is 2. The molecule has 1 aliphatic heterocycles. The van der Waals surface area contributed by atoms with Crippen LogP contribution in [0.3, 0.4) is 0 Å². The molecule has 0 saturated carbocycles. The van der Waals surface area contributed by atoms with Gasteiger partial charge in [0, 0.05) is 0 Å². The number of benzene rings is 1. The molecule has 3 aromatic rings. The van der Waals surface area contributed by atoms with E-state index in [-0.39, 0.29) is 29.4 Å². The summed E-state index contributed by atoms with van der Waals surface area (Å²) in [5, 5.41) is 20.7. The Morgan fingerprint density at radius 3 is 2.53 bits per heavy atom. The number of nitrogens with zero attached hydrogens (tertiary/aromatic N) is 4. The fraction of sp³-hybridized carbons (Fsp3) is 0.294. The molecule has 172 valence electrons. The zero-order valence-corrected chi connectivity index (χ0v) is 17.6. The van der Waals surface area contributed by atoms with Crippen molar-refractivity contribution in [1.82, 2.24) is 19.5 Å². The van der Waals surface area contributed by atoms with Gasteiger partial charge in [0.25, 0.3) is 0 Å². The number of carbonyl (C=O) groups excluding carboxylic acids is 1. The summed E-state index contributed by atoms with van der Waals surface area (Å²) >= 11 is 0. The third-order valence-corrected chi connectivity index (χ3v) is 5.58. The summed E-state index contributed by atoms with van der Waals surface area (Å²) in [6.45, 7) is -0.416. The smallest absolute Gasteiger partial charge is 0.338 e. The molecule has 1 fully saturated rings. The van der Waals surface area contributed by atoms with Crippen molar-refractivity contribution < 1.29 is 36.8 Å². The Labute approximate surface area is 186 Å². The molecule has 4 atom stereocenters. The zero-order chi connectivity index (χ0) is 22.3. The van der Waals surface area contributed by atoms with Gasteiger partial charge in [-0.05, 0) is 24.3 Å². The van der Waals surface area contributed by atoms with E-state index in [1.165, 1.54) is 17.2 Å². The highest BCUT2D eigenvalue weighted by atomic mass is 35.5. The zero-order valence-electron chi connectivity index (χ0n) is 16.0. The minimum Gasteiger partial charge on any atom is -0.459 e. The first-order valence-corrected chi connectivity index (χ1v) is 10.2. The number of hydrogen-bond acceptors (Lipinski definition) is 11. The Kier molecular flexibility index (Phi) is 6.61. The Bertz CT molecular complexity index is 1240. The van der Waals surface area contributed by atoms with Crippen LogP contribution in [0.4, 0.5) is 9.70 Å². The number of esters is 1. The van der Waals surface area contributed by atoms with Gasteiger partial charge in [-0.1, -0.05) is 0 Å². The van der Waals surface area contributed by atoms with Crippen molar-refractivity contribution in [2.24, 2.45) is 0 Å². The van der Waals surface area contributed by atoms with Crippen LogP contribution in [0.2, 0.25) is 0 Å². The fourth-order valence-corrected chi connectivity index (χ4v) is 3.61. The molecule has 0 radical (unpaired) electrons. The van der Waals surface area contributed by atoms with Crippen LogP contribution < -0.4 is 5.73 Å². The molecule has 3 heterocycles. The Hall–Kier alpha value is -2.91. The summed E-state index contributed by atoms with van der Waals surface area (Å²) in [7, 11) is -4.89. The number of anilines is 1. The molecule has 4 N–H and O–H groups in total. The maximum atomic E-state index is 12.9. The van der Waals surface area contributed by atoms with Crippen molar-refractivity contribution in [2.75, 3.05) is 12.3 Å². The van der Waals surface area contributed by atoms with E-state index in [4.69, 9.17) is 15.2 Å². The summed E-state index contributed by atoms with van der Waals surface area (Å²) in [6.07, 6.45) is -2.39. The molecule has 0 amide bonds. The monoisotopic (exact) mass is 489 g/mol. The summed E-state index contributed by atoms with van der Waals surface area (Å²) in [4.78, 5) is 23.5. The molecule has 2 aromatic heterocycles. The molecule has 15 heteroatoms. The molecule has 0 bridgehead atoms. The lowest BCUT2D eigenvalue weighted by molar-refractivity contribution is -0.0565. The Morgan fingerprint density at radius 2 is 1.88 bits per heavy atom. The Morgan fingerprint density at radius 1 is 1.19 bits per heavy atom. The fourth-order valence-electron chi connectivity index (χ4n) is 3.15. The van der Waals surface area contributed by atoms with Crippen molar-refractivity contribution >= 4 is 45.6 Å². The van der Waals surface area contributed by atoms with E-state index >= 15 is 0 Å². The standard InChI is InChI=1S/C17H16FN5O7S.ClH/c18-31(27,28)9-3-1-8(2-4-9)17(26)29-5-10-12(24)13(25)16(30-10)23-7-22-11-14(19)20-6-21-15(11)23;/h1-4,6-7,10,12-13,16,24-25H,5H2,(H2,19,20,21);1H. The van der Waals surface area contributed by atoms with E-state index in [2.05, 4.69) is 15.0 Å². The van der Waals surface area contributed by atoms with E-state index in [9.17, 15) is 27.3 Å². The summed E-state index contributed by atoms with van der Waals surface area (Å²) in [5.74, 6) is -0.723. The lowest BCUT2D eigenvalue weighted by atomic mass is 10.1. The second kappa shape index (κ2) is 8.91. The molecule has 4 rings (SSSR count). The van der Waals surface area contributed by atoms with Gasteiger partial charge < -0.3 is 25.4 Å². The van der Waals surface area contributed by atoms with E-state index in [1.807, 2.05) is 0 Å².